The lowest BCUT2D eigenvalue weighted by molar-refractivity contribution is 0.0698. The molecule has 1 saturated heterocycles. The Bertz CT molecular complexity index is 553. The molecule has 0 radical (unpaired) electrons. The second kappa shape index (κ2) is 5.82. The van der Waals surface area contributed by atoms with Crippen molar-refractivity contribution in [2.45, 2.75) is 32.7 Å². The largest absolute Gasteiger partial charge is 0.381 e. The molecule has 2 aromatic heterocycles. The van der Waals surface area contributed by atoms with Gasteiger partial charge in [-0.2, -0.15) is 0 Å². The van der Waals surface area contributed by atoms with Gasteiger partial charge < -0.3 is 9.72 Å². The molecule has 0 unspecified atom stereocenters. The highest BCUT2D eigenvalue weighted by molar-refractivity contribution is 5.73. The monoisotopic (exact) mass is 249 g/mol. The molecule has 98 valence electrons. The van der Waals surface area contributed by atoms with Gasteiger partial charge in [0, 0.05) is 25.5 Å². The minimum absolute atomic E-state index is 0.0464. The topological polar surface area (TPSA) is 59.9 Å². The van der Waals surface area contributed by atoms with Gasteiger partial charge in [-0.05, 0) is 18.9 Å². The molecule has 1 fully saturated rings. The molecular formula is C13H19N3O2. The number of aromatic nitrogens is 3. The van der Waals surface area contributed by atoms with Gasteiger partial charge >= 0.3 is 5.69 Å². The standard InChI is InChI=1S/C11H13N3O2.C2H6/c15-11-13-9-7-12-4-1-10(9)14(11)8-2-5-16-6-3-8;1-2/h1,4,7-8H,2-3,5-6H2,(H,13,15);1-2H3. The van der Waals surface area contributed by atoms with Gasteiger partial charge in [0.1, 0.15) is 0 Å². The molecular weight excluding hydrogens is 230 g/mol. The minimum Gasteiger partial charge on any atom is -0.381 e. The third-order valence-corrected chi connectivity index (χ3v) is 3.07. The van der Waals surface area contributed by atoms with E-state index in [2.05, 4.69) is 9.97 Å². The highest BCUT2D eigenvalue weighted by atomic mass is 16.5. The van der Waals surface area contributed by atoms with Crippen LogP contribution < -0.4 is 5.69 Å². The van der Waals surface area contributed by atoms with E-state index < -0.39 is 0 Å². The van der Waals surface area contributed by atoms with Gasteiger partial charge in [0.05, 0.1) is 17.2 Å². The van der Waals surface area contributed by atoms with Crippen molar-refractivity contribution in [1.82, 2.24) is 14.5 Å². The van der Waals surface area contributed by atoms with Gasteiger partial charge in [0.25, 0.3) is 0 Å². The average molecular weight is 249 g/mol. The first-order valence-electron chi connectivity index (χ1n) is 6.48. The van der Waals surface area contributed by atoms with E-state index in [4.69, 9.17) is 4.74 Å². The smallest absolute Gasteiger partial charge is 0.326 e. The maximum absolute atomic E-state index is 11.9. The molecule has 0 amide bonds. The van der Waals surface area contributed by atoms with E-state index in [1.165, 1.54) is 0 Å². The number of rotatable bonds is 1. The van der Waals surface area contributed by atoms with Gasteiger partial charge in [-0.1, -0.05) is 13.8 Å². The van der Waals surface area contributed by atoms with Crippen LogP contribution in [0.25, 0.3) is 11.0 Å². The molecule has 3 heterocycles. The van der Waals surface area contributed by atoms with Crippen molar-refractivity contribution < 1.29 is 4.74 Å². The number of imidazole rings is 1. The van der Waals surface area contributed by atoms with Gasteiger partial charge in [-0.25, -0.2) is 4.79 Å². The summed E-state index contributed by atoms with van der Waals surface area (Å²) in [5.74, 6) is 0. The lowest BCUT2D eigenvalue weighted by Gasteiger charge is -2.23. The average Bonchev–Trinajstić information content (AvgIpc) is 2.78. The molecule has 1 aliphatic heterocycles. The molecule has 0 saturated carbocycles. The van der Waals surface area contributed by atoms with Gasteiger partial charge in [-0.3, -0.25) is 9.55 Å². The van der Waals surface area contributed by atoms with E-state index in [0.29, 0.717) is 0 Å². The first-order chi connectivity index (χ1) is 8.86. The van der Waals surface area contributed by atoms with Crippen molar-refractivity contribution in [3.05, 3.63) is 28.9 Å². The number of H-pyrrole nitrogens is 1. The van der Waals surface area contributed by atoms with Crippen LogP contribution in [0.1, 0.15) is 32.7 Å². The van der Waals surface area contributed by atoms with Crippen LogP contribution in [0.15, 0.2) is 23.3 Å². The Morgan fingerprint density at radius 3 is 2.83 bits per heavy atom. The van der Waals surface area contributed by atoms with Crippen LogP contribution in [-0.4, -0.2) is 27.7 Å². The second-order valence-corrected chi connectivity index (χ2v) is 4.04. The number of hydrogen-bond acceptors (Lipinski definition) is 3. The van der Waals surface area contributed by atoms with E-state index >= 15 is 0 Å². The number of ether oxygens (including phenoxy) is 1. The predicted molar refractivity (Wildman–Crippen MR) is 70.8 cm³/mol. The summed E-state index contributed by atoms with van der Waals surface area (Å²) in [6.07, 6.45) is 5.20. The van der Waals surface area contributed by atoms with Crippen molar-refractivity contribution in [2.24, 2.45) is 0 Å². The number of nitrogens with zero attached hydrogens (tertiary/aromatic N) is 2. The van der Waals surface area contributed by atoms with Crippen LogP contribution in [-0.2, 0) is 4.74 Å². The van der Waals surface area contributed by atoms with Crippen molar-refractivity contribution in [3.63, 3.8) is 0 Å². The zero-order valence-electron chi connectivity index (χ0n) is 10.8. The van der Waals surface area contributed by atoms with Crippen LogP contribution in [0.2, 0.25) is 0 Å². The lowest BCUT2D eigenvalue weighted by Crippen LogP contribution is -2.27. The molecule has 0 aromatic carbocycles. The van der Waals surface area contributed by atoms with E-state index in [0.717, 1.165) is 37.1 Å². The fourth-order valence-electron chi connectivity index (χ4n) is 2.28. The van der Waals surface area contributed by atoms with E-state index in [1.54, 1.807) is 12.4 Å². The zero-order chi connectivity index (χ0) is 13.0. The summed E-state index contributed by atoms with van der Waals surface area (Å²) >= 11 is 0. The Balaban J connectivity index is 0.000000574. The fourth-order valence-corrected chi connectivity index (χ4v) is 2.28. The van der Waals surface area contributed by atoms with Crippen molar-refractivity contribution in [3.8, 4) is 0 Å². The molecule has 1 N–H and O–H groups in total. The number of nitrogens with one attached hydrogen (secondary N) is 1. The van der Waals surface area contributed by atoms with Crippen LogP contribution >= 0.6 is 0 Å². The van der Waals surface area contributed by atoms with Crippen LogP contribution in [0, 0.1) is 0 Å². The molecule has 5 heteroatoms. The van der Waals surface area contributed by atoms with E-state index in [1.807, 2.05) is 24.5 Å². The van der Waals surface area contributed by atoms with E-state index in [-0.39, 0.29) is 11.7 Å². The summed E-state index contributed by atoms with van der Waals surface area (Å²) in [5.41, 5.74) is 1.70. The molecule has 3 rings (SSSR count). The maximum Gasteiger partial charge on any atom is 0.326 e. The normalized spacial score (nSPS) is 16.3. The van der Waals surface area contributed by atoms with Gasteiger partial charge in [0.2, 0.25) is 0 Å². The van der Waals surface area contributed by atoms with Crippen molar-refractivity contribution >= 4 is 11.0 Å². The molecule has 0 aliphatic carbocycles. The Morgan fingerprint density at radius 1 is 1.39 bits per heavy atom. The summed E-state index contributed by atoms with van der Waals surface area (Å²) in [6, 6.07) is 2.13. The van der Waals surface area contributed by atoms with Gasteiger partial charge in [0.15, 0.2) is 0 Å². The van der Waals surface area contributed by atoms with E-state index in [9.17, 15) is 4.79 Å². The lowest BCUT2D eigenvalue weighted by atomic mass is 10.1. The van der Waals surface area contributed by atoms with Crippen molar-refractivity contribution in [2.75, 3.05) is 13.2 Å². The fraction of sp³-hybridized carbons (Fsp3) is 0.538. The highest BCUT2D eigenvalue weighted by Crippen LogP contribution is 2.22. The first kappa shape index (κ1) is 12.8. The molecule has 0 spiro atoms. The summed E-state index contributed by atoms with van der Waals surface area (Å²) in [5, 5.41) is 0. The summed E-state index contributed by atoms with van der Waals surface area (Å²) in [6.45, 7) is 5.46. The summed E-state index contributed by atoms with van der Waals surface area (Å²) in [4.78, 5) is 18.7. The zero-order valence-corrected chi connectivity index (χ0v) is 10.8. The second-order valence-electron chi connectivity index (χ2n) is 4.04. The molecule has 0 atom stereocenters. The Labute approximate surface area is 106 Å². The minimum atomic E-state index is -0.0464. The quantitative estimate of drug-likeness (QED) is 0.842. The Kier molecular flexibility index (Phi) is 4.15. The molecule has 2 aromatic rings. The van der Waals surface area contributed by atoms with Crippen molar-refractivity contribution in [1.29, 1.82) is 0 Å². The SMILES string of the molecule is CC.O=c1[nH]c2cnccc2n1C1CCOCC1. The van der Waals surface area contributed by atoms with Crippen LogP contribution in [0.5, 0.6) is 0 Å². The Hall–Kier alpha value is -1.62. The first-order valence-corrected chi connectivity index (χ1v) is 6.48. The molecule has 18 heavy (non-hydrogen) atoms. The number of fused-ring (bicyclic) bond motifs is 1. The predicted octanol–water partition coefficient (Wildman–Crippen LogP) is 2.10. The number of pyridine rings is 1. The number of hydrogen-bond donors (Lipinski definition) is 1. The third-order valence-electron chi connectivity index (χ3n) is 3.07. The highest BCUT2D eigenvalue weighted by Gasteiger charge is 2.19. The molecule has 0 bridgehead atoms. The Morgan fingerprint density at radius 2 is 2.11 bits per heavy atom. The third kappa shape index (κ3) is 2.31. The molecule has 1 aliphatic rings. The van der Waals surface area contributed by atoms with Gasteiger partial charge in [-0.15, -0.1) is 0 Å². The van der Waals surface area contributed by atoms with Crippen LogP contribution in [0.3, 0.4) is 0 Å². The van der Waals surface area contributed by atoms with Crippen LogP contribution in [0.4, 0.5) is 0 Å². The molecule has 5 nitrogen and oxygen atoms in total. The maximum atomic E-state index is 11.9. The number of aromatic amines is 1. The summed E-state index contributed by atoms with van der Waals surface area (Å²) < 4.78 is 7.14. The summed E-state index contributed by atoms with van der Waals surface area (Å²) in [7, 11) is 0.